The van der Waals surface area contributed by atoms with Gasteiger partial charge in [0.2, 0.25) is 0 Å². The normalized spacial score (nSPS) is 10.2. The standard InChI is InChI=1S/C18H20N2O4/c21-17(22)10-6-12-20(13-16-9-4-5-11-19-16)18(23)24-14-15-7-2-1-3-8-15/h1-5,7-9,11H,6,10,12-14H2,(H,21,22). The van der Waals surface area contributed by atoms with Crippen LogP contribution in [0.3, 0.4) is 0 Å². The molecule has 0 unspecified atom stereocenters. The van der Waals surface area contributed by atoms with Crippen molar-refractivity contribution in [3.05, 3.63) is 66.0 Å². The average Bonchev–Trinajstić information content (AvgIpc) is 2.60. The molecule has 0 atom stereocenters. The topological polar surface area (TPSA) is 79.7 Å². The summed E-state index contributed by atoms with van der Waals surface area (Å²) >= 11 is 0. The molecule has 1 amide bonds. The third kappa shape index (κ3) is 6.08. The maximum Gasteiger partial charge on any atom is 0.410 e. The number of rotatable bonds is 8. The number of hydrogen-bond acceptors (Lipinski definition) is 4. The van der Waals surface area contributed by atoms with Crippen LogP contribution >= 0.6 is 0 Å². The Bertz CT molecular complexity index is 647. The zero-order chi connectivity index (χ0) is 17.2. The van der Waals surface area contributed by atoms with E-state index in [-0.39, 0.29) is 19.6 Å². The quantitative estimate of drug-likeness (QED) is 0.805. The highest BCUT2D eigenvalue weighted by Gasteiger charge is 2.16. The lowest BCUT2D eigenvalue weighted by atomic mass is 10.2. The van der Waals surface area contributed by atoms with Crippen molar-refractivity contribution in [3.8, 4) is 0 Å². The van der Waals surface area contributed by atoms with Gasteiger partial charge >= 0.3 is 12.1 Å². The highest BCUT2D eigenvalue weighted by molar-refractivity contribution is 5.68. The fraction of sp³-hybridized carbons (Fsp3) is 0.278. The number of aromatic nitrogens is 1. The molecule has 0 aliphatic rings. The number of benzene rings is 1. The molecule has 0 spiro atoms. The Morgan fingerprint density at radius 1 is 1.08 bits per heavy atom. The van der Waals surface area contributed by atoms with Crippen LogP contribution in [0.5, 0.6) is 0 Å². The van der Waals surface area contributed by atoms with Crippen molar-refractivity contribution in [2.75, 3.05) is 6.54 Å². The first-order valence-electron chi connectivity index (χ1n) is 7.72. The SMILES string of the molecule is O=C(O)CCCN(Cc1ccccn1)C(=O)OCc1ccccc1. The van der Waals surface area contributed by atoms with Gasteiger partial charge in [-0.15, -0.1) is 0 Å². The molecule has 0 saturated carbocycles. The molecule has 0 bridgehead atoms. The molecule has 126 valence electrons. The van der Waals surface area contributed by atoms with Gasteiger partial charge in [-0.3, -0.25) is 9.78 Å². The highest BCUT2D eigenvalue weighted by atomic mass is 16.6. The molecule has 1 heterocycles. The number of pyridine rings is 1. The highest BCUT2D eigenvalue weighted by Crippen LogP contribution is 2.08. The van der Waals surface area contributed by atoms with Crippen molar-refractivity contribution in [2.45, 2.75) is 26.0 Å². The van der Waals surface area contributed by atoms with Gasteiger partial charge in [-0.05, 0) is 24.1 Å². The molecule has 24 heavy (non-hydrogen) atoms. The third-order valence-electron chi connectivity index (χ3n) is 3.36. The minimum atomic E-state index is -0.884. The number of aliphatic carboxylic acids is 1. The summed E-state index contributed by atoms with van der Waals surface area (Å²) < 4.78 is 5.33. The predicted molar refractivity (Wildman–Crippen MR) is 88.1 cm³/mol. The Hall–Kier alpha value is -2.89. The summed E-state index contributed by atoms with van der Waals surface area (Å²) in [5.41, 5.74) is 1.62. The summed E-state index contributed by atoms with van der Waals surface area (Å²) in [6.45, 7) is 0.766. The van der Waals surface area contributed by atoms with Crippen molar-refractivity contribution in [2.24, 2.45) is 0 Å². The van der Waals surface area contributed by atoms with E-state index >= 15 is 0 Å². The monoisotopic (exact) mass is 328 g/mol. The van der Waals surface area contributed by atoms with Gasteiger partial charge in [0, 0.05) is 19.2 Å². The van der Waals surface area contributed by atoms with E-state index < -0.39 is 12.1 Å². The minimum absolute atomic E-state index is 0.00465. The van der Waals surface area contributed by atoms with E-state index in [4.69, 9.17) is 9.84 Å². The zero-order valence-electron chi connectivity index (χ0n) is 13.3. The van der Waals surface area contributed by atoms with Gasteiger partial charge in [0.15, 0.2) is 0 Å². The van der Waals surface area contributed by atoms with E-state index in [1.807, 2.05) is 42.5 Å². The van der Waals surface area contributed by atoms with E-state index in [1.165, 1.54) is 4.90 Å². The van der Waals surface area contributed by atoms with Gasteiger partial charge in [0.25, 0.3) is 0 Å². The van der Waals surface area contributed by atoms with Crippen molar-refractivity contribution in [1.29, 1.82) is 0 Å². The molecule has 0 aliphatic carbocycles. The van der Waals surface area contributed by atoms with Gasteiger partial charge in [0.05, 0.1) is 12.2 Å². The molecule has 0 radical (unpaired) electrons. The van der Waals surface area contributed by atoms with E-state index in [9.17, 15) is 9.59 Å². The lowest BCUT2D eigenvalue weighted by molar-refractivity contribution is -0.137. The van der Waals surface area contributed by atoms with Crippen LogP contribution < -0.4 is 0 Å². The maximum atomic E-state index is 12.3. The van der Waals surface area contributed by atoms with Crippen LogP contribution in [0.2, 0.25) is 0 Å². The minimum Gasteiger partial charge on any atom is -0.481 e. The largest absolute Gasteiger partial charge is 0.481 e. The van der Waals surface area contributed by atoms with Crippen LogP contribution in [-0.2, 0) is 22.7 Å². The third-order valence-corrected chi connectivity index (χ3v) is 3.36. The van der Waals surface area contributed by atoms with Crippen LogP contribution in [0.4, 0.5) is 4.79 Å². The first kappa shape index (κ1) is 17.5. The number of nitrogens with zero attached hydrogens (tertiary/aromatic N) is 2. The summed E-state index contributed by atoms with van der Waals surface area (Å²) in [5.74, 6) is -0.884. The number of hydrogen-bond donors (Lipinski definition) is 1. The molecule has 1 N–H and O–H groups in total. The lowest BCUT2D eigenvalue weighted by Gasteiger charge is -2.21. The second kappa shape index (κ2) is 9.29. The van der Waals surface area contributed by atoms with E-state index in [2.05, 4.69) is 4.98 Å². The predicted octanol–water partition coefficient (Wildman–Crippen LogP) is 3.09. The second-order valence-corrected chi connectivity index (χ2v) is 5.28. The molecular formula is C18H20N2O4. The molecule has 1 aromatic heterocycles. The van der Waals surface area contributed by atoms with Crippen molar-refractivity contribution < 1.29 is 19.4 Å². The molecule has 6 heteroatoms. The van der Waals surface area contributed by atoms with Crippen LogP contribution in [0.15, 0.2) is 54.7 Å². The van der Waals surface area contributed by atoms with Crippen molar-refractivity contribution in [3.63, 3.8) is 0 Å². The van der Waals surface area contributed by atoms with Crippen molar-refractivity contribution >= 4 is 12.1 Å². The Balaban J connectivity index is 1.94. The molecule has 0 saturated heterocycles. The van der Waals surface area contributed by atoms with Crippen LogP contribution in [0, 0.1) is 0 Å². The summed E-state index contributed by atoms with van der Waals surface area (Å²) in [4.78, 5) is 28.7. The molecule has 1 aromatic carbocycles. The van der Waals surface area contributed by atoms with Gasteiger partial charge in [-0.25, -0.2) is 4.79 Å². The van der Waals surface area contributed by atoms with Gasteiger partial charge in [-0.2, -0.15) is 0 Å². The summed E-state index contributed by atoms with van der Waals surface area (Å²) in [6.07, 6.45) is 1.54. The van der Waals surface area contributed by atoms with Gasteiger partial charge in [-0.1, -0.05) is 36.4 Å². The van der Waals surface area contributed by atoms with Gasteiger partial charge < -0.3 is 14.7 Å². The molecule has 2 aromatic rings. The fourth-order valence-corrected chi connectivity index (χ4v) is 2.15. The average molecular weight is 328 g/mol. The van der Waals surface area contributed by atoms with E-state index in [1.54, 1.807) is 12.3 Å². The first-order chi connectivity index (χ1) is 11.6. The number of carbonyl (C=O) groups excluding carboxylic acids is 1. The number of amides is 1. The van der Waals surface area contributed by atoms with Crippen LogP contribution in [-0.4, -0.2) is 33.6 Å². The molecule has 6 nitrogen and oxygen atoms in total. The van der Waals surface area contributed by atoms with Crippen molar-refractivity contribution in [1.82, 2.24) is 9.88 Å². The Kier molecular flexibility index (Phi) is 6.76. The number of ether oxygens (including phenoxy) is 1. The number of carboxylic acids is 1. The van der Waals surface area contributed by atoms with Gasteiger partial charge in [0.1, 0.15) is 6.61 Å². The molecule has 0 fully saturated rings. The summed E-state index contributed by atoms with van der Waals surface area (Å²) in [7, 11) is 0. The second-order valence-electron chi connectivity index (χ2n) is 5.28. The van der Waals surface area contributed by atoms with Crippen LogP contribution in [0.25, 0.3) is 0 Å². The fourth-order valence-electron chi connectivity index (χ4n) is 2.15. The van der Waals surface area contributed by atoms with Crippen LogP contribution in [0.1, 0.15) is 24.1 Å². The zero-order valence-corrected chi connectivity index (χ0v) is 13.3. The smallest absolute Gasteiger partial charge is 0.410 e. The Morgan fingerprint density at radius 3 is 2.50 bits per heavy atom. The summed E-state index contributed by atoms with van der Waals surface area (Å²) in [5, 5.41) is 8.76. The van der Waals surface area contributed by atoms with E-state index in [0.717, 1.165) is 11.3 Å². The maximum absolute atomic E-state index is 12.3. The Morgan fingerprint density at radius 2 is 1.83 bits per heavy atom. The molecular weight excluding hydrogens is 308 g/mol. The Labute approximate surface area is 140 Å². The number of carboxylic acid groups (broad SMARTS) is 1. The first-order valence-corrected chi connectivity index (χ1v) is 7.72. The molecule has 2 rings (SSSR count). The van der Waals surface area contributed by atoms with E-state index in [0.29, 0.717) is 13.0 Å². The number of carbonyl (C=O) groups is 2. The summed E-state index contributed by atoms with van der Waals surface area (Å²) in [6, 6.07) is 14.9. The molecule has 0 aliphatic heterocycles. The lowest BCUT2D eigenvalue weighted by Crippen LogP contribution is -2.32.